The summed E-state index contributed by atoms with van der Waals surface area (Å²) in [6.07, 6.45) is 15.9. The molecule has 0 spiro atoms. The molecule has 32 heavy (non-hydrogen) atoms. The fourth-order valence-electron chi connectivity index (χ4n) is 3.58. The van der Waals surface area contributed by atoms with Crippen LogP contribution in [-0.2, 0) is 0 Å². The number of hydrogen-bond donors (Lipinski definition) is 0. The number of esters is 1. The molecular formula is C28H37NO3. The van der Waals surface area contributed by atoms with Gasteiger partial charge in [-0.25, -0.2) is 4.79 Å². The smallest absolute Gasteiger partial charge is 0.343 e. The van der Waals surface area contributed by atoms with Crippen LogP contribution in [0.15, 0.2) is 48.5 Å². The molecule has 2 aromatic rings. The third kappa shape index (κ3) is 10.5. The Morgan fingerprint density at radius 1 is 0.719 bits per heavy atom. The highest BCUT2D eigenvalue weighted by Gasteiger charge is 2.09. The number of ether oxygens (including phenoxy) is 2. The van der Waals surface area contributed by atoms with Gasteiger partial charge >= 0.3 is 5.97 Å². The second-order valence-electron chi connectivity index (χ2n) is 8.29. The first kappa shape index (κ1) is 25.5. The summed E-state index contributed by atoms with van der Waals surface area (Å²) in [6.45, 7) is 2.97. The normalized spacial score (nSPS) is 10.5. The number of benzene rings is 2. The Morgan fingerprint density at radius 2 is 1.22 bits per heavy atom. The van der Waals surface area contributed by atoms with E-state index >= 15 is 0 Å². The number of carbonyl (C=O) groups is 1. The molecule has 0 aliphatic carbocycles. The zero-order chi connectivity index (χ0) is 22.9. The molecular weight excluding hydrogens is 398 g/mol. The van der Waals surface area contributed by atoms with Gasteiger partial charge in [-0.3, -0.25) is 0 Å². The third-order valence-corrected chi connectivity index (χ3v) is 5.55. The molecule has 0 radical (unpaired) electrons. The van der Waals surface area contributed by atoms with Gasteiger partial charge in [-0.15, -0.1) is 0 Å². The van der Waals surface area contributed by atoms with Crippen molar-refractivity contribution >= 4 is 5.97 Å². The first-order valence-electron chi connectivity index (χ1n) is 12.2. The van der Waals surface area contributed by atoms with Crippen LogP contribution < -0.4 is 9.47 Å². The molecule has 0 unspecified atom stereocenters. The van der Waals surface area contributed by atoms with Crippen molar-refractivity contribution in [3.63, 3.8) is 0 Å². The molecule has 2 aromatic carbocycles. The zero-order valence-electron chi connectivity index (χ0n) is 19.5. The molecule has 0 atom stereocenters. The van der Waals surface area contributed by atoms with Crippen LogP contribution in [0.4, 0.5) is 0 Å². The molecule has 0 aliphatic rings. The maximum absolute atomic E-state index is 12.2. The molecule has 2 rings (SSSR count). The van der Waals surface area contributed by atoms with E-state index in [0.717, 1.165) is 12.2 Å². The summed E-state index contributed by atoms with van der Waals surface area (Å²) in [4.78, 5) is 12.2. The Bertz CT molecular complexity index is 806. The standard InChI is InChI=1S/C28H37NO3/c1-2-3-4-5-6-7-8-9-10-11-12-13-22-31-26-20-16-25(17-21-26)28(30)32-27-18-14-24(23-29)15-19-27/h14-21H,2-13,22H2,1H3. The second kappa shape index (κ2) is 15.9. The summed E-state index contributed by atoms with van der Waals surface area (Å²) in [7, 11) is 0. The summed E-state index contributed by atoms with van der Waals surface area (Å²) in [5, 5.41) is 8.82. The van der Waals surface area contributed by atoms with Crippen LogP contribution >= 0.6 is 0 Å². The molecule has 0 aliphatic heterocycles. The van der Waals surface area contributed by atoms with Crippen LogP contribution in [0.1, 0.15) is 99.9 Å². The largest absolute Gasteiger partial charge is 0.494 e. The van der Waals surface area contributed by atoms with Crippen molar-refractivity contribution in [3.05, 3.63) is 59.7 Å². The van der Waals surface area contributed by atoms with Gasteiger partial charge in [0.05, 0.1) is 23.8 Å². The van der Waals surface area contributed by atoms with E-state index in [1.54, 1.807) is 48.5 Å². The Kier molecular flexibility index (Phi) is 12.7. The van der Waals surface area contributed by atoms with Crippen molar-refractivity contribution in [2.75, 3.05) is 6.61 Å². The van der Waals surface area contributed by atoms with E-state index in [2.05, 4.69) is 6.92 Å². The van der Waals surface area contributed by atoms with Crippen molar-refractivity contribution in [1.29, 1.82) is 5.26 Å². The fourth-order valence-corrected chi connectivity index (χ4v) is 3.58. The third-order valence-electron chi connectivity index (χ3n) is 5.55. The summed E-state index contributed by atoms with van der Waals surface area (Å²) in [5.74, 6) is 0.756. The van der Waals surface area contributed by atoms with Gasteiger partial charge in [-0.05, 0) is 55.0 Å². The van der Waals surface area contributed by atoms with Gasteiger partial charge < -0.3 is 9.47 Å². The van der Waals surface area contributed by atoms with Gasteiger partial charge in [0.15, 0.2) is 0 Å². The number of nitrogens with zero attached hydrogens (tertiary/aromatic N) is 1. The number of rotatable bonds is 16. The van der Waals surface area contributed by atoms with Crippen LogP contribution in [0.2, 0.25) is 0 Å². The van der Waals surface area contributed by atoms with Crippen molar-refractivity contribution in [2.24, 2.45) is 0 Å². The molecule has 0 aromatic heterocycles. The topological polar surface area (TPSA) is 59.3 Å². The van der Waals surface area contributed by atoms with E-state index in [4.69, 9.17) is 14.7 Å². The van der Waals surface area contributed by atoms with Crippen molar-refractivity contribution in [3.8, 4) is 17.6 Å². The van der Waals surface area contributed by atoms with Gasteiger partial charge in [0.2, 0.25) is 0 Å². The average Bonchev–Trinajstić information content (AvgIpc) is 2.83. The van der Waals surface area contributed by atoms with E-state index in [9.17, 15) is 4.79 Å². The summed E-state index contributed by atoms with van der Waals surface area (Å²) >= 11 is 0. The fraction of sp³-hybridized carbons (Fsp3) is 0.500. The zero-order valence-corrected chi connectivity index (χ0v) is 19.5. The maximum atomic E-state index is 12.2. The van der Waals surface area contributed by atoms with Gasteiger partial charge in [0, 0.05) is 0 Å². The highest BCUT2D eigenvalue weighted by Crippen LogP contribution is 2.17. The summed E-state index contributed by atoms with van der Waals surface area (Å²) in [6, 6.07) is 15.5. The first-order chi connectivity index (χ1) is 15.7. The lowest BCUT2D eigenvalue weighted by Gasteiger charge is -2.08. The molecule has 0 amide bonds. The van der Waals surface area contributed by atoms with Crippen LogP contribution in [-0.4, -0.2) is 12.6 Å². The number of carbonyl (C=O) groups excluding carboxylic acids is 1. The SMILES string of the molecule is CCCCCCCCCCCCCCOc1ccc(C(=O)Oc2ccc(C#N)cc2)cc1. The van der Waals surface area contributed by atoms with E-state index in [1.165, 1.54) is 70.6 Å². The summed E-state index contributed by atoms with van der Waals surface area (Å²) < 4.78 is 11.1. The van der Waals surface area contributed by atoms with Crippen molar-refractivity contribution in [2.45, 2.75) is 84.0 Å². The van der Waals surface area contributed by atoms with Gasteiger partial charge in [-0.2, -0.15) is 5.26 Å². The van der Waals surface area contributed by atoms with E-state index < -0.39 is 5.97 Å². The van der Waals surface area contributed by atoms with Crippen LogP contribution in [0.3, 0.4) is 0 Å². The number of nitriles is 1. The molecule has 0 N–H and O–H groups in total. The first-order valence-corrected chi connectivity index (χ1v) is 12.2. The van der Waals surface area contributed by atoms with Gasteiger partial charge in [0.25, 0.3) is 0 Å². The van der Waals surface area contributed by atoms with Crippen LogP contribution in [0.25, 0.3) is 0 Å². The van der Waals surface area contributed by atoms with Gasteiger partial charge in [0.1, 0.15) is 11.5 Å². The van der Waals surface area contributed by atoms with Gasteiger partial charge in [-0.1, -0.05) is 77.6 Å². The Morgan fingerprint density at radius 3 is 1.75 bits per heavy atom. The molecule has 0 fully saturated rings. The summed E-state index contributed by atoms with van der Waals surface area (Å²) in [5.41, 5.74) is 0.992. The quantitative estimate of drug-likeness (QED) is 0.153. The van der Waals surface area contributed by atoms with E-state index in [1.807, 2.05) is 6.07 Å². The minimum atomic E-state index is -0.429. The number of hydrogen-bond acceptors (Lipinski definition) is 4. The van der Waals surface area contributed by atoms with E-state index in [-0.39, 0.29) is 0 Å². The monoisotopic (exact) mass is 435 g/mol. The average molecular weight is 436 g/mol. The predicted molar refractivity (Wildman–Crippen MR) is 129 cm³/mol. The second-order valence-corrected chi connectivity index (χ2v) is 8.29. The van der Waals surface area contributed by atoms with Crippen molar-refractivity contribution in [1.82, 2.24) is 0 Å². The molecule has 0 bridgehead atoms. The van der Waals surface area contributed by atoms with Crippen molar-refractivity contribution < 1.29 is 14.3 Å². The van der Waals surface area contributed by atoms with E-state index in [0.29, 0.717) is 23.5 Å². The minimum absolute atomic E-state index is 0.418. The Labute approximate surface area is 193 Å². The molecule has 0 saturated heterocycles. The van der Waals surface area contributed by atoms with Crippen LogP contribution in [0, 0.1) is 11.3 Å². The molecule has 4 nitrogen and oxygen atoms in total. The molecule has 4 heteroatoms. The van der Waals surface area contributed by atoms with Crippen LogP contribution in [0.5, 0.6) is 11.5 Å². The predicted octanol–water partition coefficient (Wildman–Crippen LogP) is 7.86. The Hall–Kier alpha value is -2.80. The maximum Gasteiger partial charge on any atom is 0.343 e. The Balaban J connectivity index is 1.52. The number of unbranched alkanes of at least 4 members (excludes halogenated alkanes) is 11. The lowest BCUT2D eigenvalue weighted by atomic mass is 10.1. The lowest BCUT2D eigenvalue weighted by Crippen LogP contribution is -2.08. The lowest BCUT2D eigenvalue weighted by molar-refractivity contribution is 0.0734. The minimum Gasteiger partial charge on any atom is -0.494 e. The highest BCUT2D eigenvalue weighted by molar-refractivity contribution is 5.91. The highest BCUT2D eigenvalue weighted by atomic mass is 16.5. The molecule has 0 heterocycles. The molecule has 172 valence electrons. The molecule has 0 saturated carbocycles.